The SMILES string of the molecule is Clc1ccc(N(c2ccc(-c3ccccc3)cc2)c2cc3ccccc3c3ccccc23)cc1. The maximum Gasteiger partial charge on any atom is 0.0546 e. The molecule has 0 heterocycles. The number of nitrogens with zero attached hydrogens (tertiary/aromatic N) is 1. The molecule has 0 bridgehead atoms. The first-order chi connectivity index (χ1) is 16.8. The van der Waals surface area contributed by atoms with Gasteiger partial charge in [0.05, 0.1) is 5.69 Å². The van der Waals surface area contributed by atoms with Crippen LogP contribution in [0.15, 0.2) is 133 Å². The Balaban J connectivity index is 1.58. The zero-order chi connectivity index (χ0) is 22.9. The highest BCUT2D eigenvalue weighted by molar-refractivity contribution is 6.30. The zero-order valence-corrected chi connectivity index (χ0v) is 19.3. The monoisotopic (exact) mass is 455 g/mol. The fourth-order valence-electron chi connectivity index (χ4n) is 4.67. The Bertz CT molecular complexity index is 1590. The minimum absolute atomic E-state index is 0.728. The van der Waals surface area contributed by atoms with E-state index in [4.69, 9.17) is 11.6 Å². The fraction of sp³-hybridized carbons (Fsp3) is 0. The molecule has 1 nitrogen and oxygen atoms in total. The number of hydrogen-bond acceptors (Lipinski definition) is 1. The van der Waals surface area contributed by atoms with E-state index in [1.54, 1.807) is 0 Å². The molecule has 0 saturated carbocycles. The van der Waals surface area contributed by atoms with Gasteiger partial charge in [-0.1, -0.05) is 103 Å². The summed E-state index contributed by atoms with van der Waals surface area (Å²) in [6.07, 6.45) is 0. The molecule has 0 aliphatic carbocycles. The van der Waals surface area contributed by atoms with Gasteiger partial charge in [-0.25, -0.2) is 0 Å². The maximum atomic E-state index is 6.25. The van der Waals surface area contributed by atoms with Crippen LogP contribution in [0.1, 0.15) is 0 Å². The van der Waals surface area contributed by atoms with Crippen molar-refractivity contribution in [2.24, 2.45) is 0 Å². The summed E-state index contributed by atoms with van der Waals surface area (Å²) in [5, 5.41) is 5.67. The summed E-state index contributed by atoms with van der Waals surface area (Å²) in [7, 11) is 0. The molecule has 0 aliphatic rings. The van der Waals surface area contributed by atoms with Crippen LogP contribution in [-0.4, -0.2) is 0 Å². The van der Waals surface area contributed by atoms with E-state index in [1.807, 2.05) is 18.2 Å². The molecule has 0 unspecified atom stereocenters. The third kappa shape index (κ3) is 3.71. The molecule has 0 radical (unpaired) electrons. The van der Waals surface area contributed by atoms with Crippen molar-refractivity contribution in [2.45, 2.75) is 0 Å². The molecule has 0 spiro atoms. The summed E-state index contributed by atoms with van der Waals surface area (Å²) in [5.41, 5.74) is 5.72. The lowest BCUT2D eigenvalue weighted by Crippen LogP contribution is -2.10. The molecule has 6 aromatic rings. The topological polar surface area (TPSA) is 3.24 Å². The van der Waals surface area contributed by atoms with Crippen molar-refractivity contribution in [3.05, 3.63) is 138 Å². The van der Waals surface area contributed by atoms with Crippen LogP contribution in [0, 0.1) is 0 Å². The molecule has 0 saturated heterocycles. The Hall–Kier alpha value is -4.07. The number of benzene rings is 6. The van der Waals surface area contributed by atoms with E-state index in [0.29, 0.717) is 0 Å². The van der Waals surface area contributed by atoms with Crippen molar-refractivity contribution >= 4 is 50.2 Å². The Morgan fingerprint density at radius 2 is 0.971 bits per heavy atom. The molecule has 0 amide bonds. The van der Waals surface area contributed by atoms with E-state index >= 15 is 0 Å². The third-order valence-electron chi connectivity index (χ3n) is 6.30. The second-order valence-electron chi connectivity index (χ2n) is 8.39. The van der Waals surface area contributed by atoms with Crippen molar-refractivity contribution in [3.8, 4) is 11.1 Å². The number of hydrogen-bond donors (Lipinski definition) is 0. The van der Waals surface area contributed by atoms with Crippen LogP contribution in [0.4, 0.5) is 17.1 Å². The van der Waals surface area contributed by atoms with Gasteiger partial charge in [0, 0.05) is 21.8 Å². The van der Waals surface area contributed by atoms with Gasteiger partial charge in [-0.15, -0.1) is 0 Å². The van der Waals surface area contributed by atoms with Crippen LogP contribution in [-0.2, 0) is 0 Å². The number of fused-ring (bicyclic) bond motifs is 3. The van der Waals surface area contributed by atoms with Gasteiger partial charge in [-0.3, -0.25) is 0 Å². The Kier molecular flexibility index (Phi) is 5.25. The van der Waals surface area contributed by atoms with Crippen LogP contribution in [0.25, 0.3) is 32.7 Å². The van der Waals surface area contributed by atoms with E-state index in [0.717, 1.165) is 22.1 Å². The van der Waals surface area contributed by atoms with Crippen LogP contribution in [0.5, 0.6) is 0 Å². The van der Waals surface area contributed by atoms with Crippen molar-refractivity contribution in [3.63, 3.8) is 0 Å². The van der Waals surface area contributed by atoms with Crippen LogP contribution in [0.2, 0.25) is 5.02 Å². The first-order valence-corrected chi connectivity index (χ1v) is 11.8. The minimum Gasteiger partial charge on any atom is -0.310 e. The summed E-state index contributed by atoms with van der Waals surface area (Å²) in [4.78, 5) is 2.32. The summed E-state index contributed by atoms with van der Waals surface area (Å²) in [5.74, 6) is 0. The standard InChI is InChI=1S/C32H22ClN/c33-26-16-20-28(21-17-26)34(27-18-14-24(15-19-27)23-8-2-1-3-9-23)32-22-25-10-4-5-11-29(25)30-12-6-7-13-31(30)32/h1-22H. The molecule has 2 heteroatoms. The quantitative estimate of drug-likeness (QED) is 0.239. The molecule has 0 aromatic heterocycles. The van der Waals surface area contributed by atoms with Gasteiger partial charge in [-0.2, -0.15) is 0 Å². The molecule has 0 atom stereocenters. The Morgan fingerprint density at radius 3 is 1.68 bits per heavy atom. The first kappa shape index (κ1) is 20.5. The summed E-state index contributed by atoms with van der Waals surface area (Å²) in [6, 6.07) is 46.8. The van der Waals surface area contributed by atoms with Gasteiger partial charge in [-0.05, 0) is 69.8 Å². The molecule has 0 fully saturated rings. The lowest BCUT2D eigenvalue weighted by molar-refractivity contribution is 1.30. The Labute approximate surface area is 204 Å². The highest BCUT2D eigenvalue weighted by Crippen LogP contribution is 2.42. The van der Waals surface area contributed by atoms with Crippen LogP contribution < -0.4 is 4.90 Å². The fourth-order valence-corrected chi connectivity index (χ4v) is 4.80. The molecule has 6 aromatic carbocycles. The average Bonchev–Trinajstić information content (AvgIpc) is 2.91. The largest absolute Gasteiger partial charge is 0.310 e. The zero-order valence-electron chi connectivity index (χ0n) is 18.5. The highest BCUT2D eigenvalue weighted by atomic mass is 35.5. The van der Waals surface area contributed by atoms with E-state index in [1.165, 1.54) is 32.7 Å². The van der Waals surface area contributed by atoms with E-state index < -0.39 is 0 Å². The average molecular weight is 456 g/mol. The minimum atomic E-state index is 0.728. The molecular formula is C32H22ClN. The molecule has 34 heavy (non-hydrogen) atoms. The van der Waals surface area contributed by atoms with Crippen LogP contribution >= 0.6 is 11.6 Å². The second-order valence-corrected chi connectivity index (χ2v) is 8.82. The van der Waals surface area contributed by atoms with Gasteiger partial charge in [0.15, 0.2) is 0 Å². The Morgan fingerprint density at radius 1 is 0.441 bits per heavy atom. The van der Waals surface area contributed by atoms with E-state index in [-0.39, 0.29) is 0 Å². The summed E-state index contributed by atoms with van der Waals surface area (Å²) >= 11 is 6.25. The smallest absolute Gasteiger partial charge is 0.0546 e. The molecule has 0 N–H and O–H groups in total. The highest BCUT2D eigenvalue weighted by Gasteiger charge is 2.17. The van der Waals surface area contributed by atoms with Crippen molar-refractivity contribution in [2.75, 3.05) is 4.90 Å². The van der Waals surface area contributed by atoms with E-state index in [9.17, 15) is 0 Å². The maximum absolute atomic E-state index is 6.25. The van der Waals surface area contributed by atoms with E-state index in [2.05, 4.69) is 120 Å². The normalized spacial score (nSPS) is 11.1. The molecular weight excluding hydrogens is 434 g/mol. The number of rotatable bonds is 4. The predicted molar refractivity (Wildman–Crippen MR) is 147 cm³/mol. The van der Waals surface area contributed by atoms with Gasteiger partial charge >= 0.3 is 0 Å². The lowest BCUT2D eigenvalue weighted by atomic mass is 9.98. The molecule has 6 rings (SSSR count). The van der Waals surface area contributed by atoms with Crippen LogP contribution in [0.3, 0.4) is 0 Å². The summed E-state index contributed by atoms with van der Waals surface area (Å²) < 4.78 is 0. The lowest BCUT2D eigenvalue weighted by Gasteiger charge is -2.28. The van der Waals surface area contributed by atoms with Gasteiger partial charge in [0.25, 0.3) is 0 Å². The van der Waals surface area contributed by atoms with Gasteiger partial charge < -0.3 is 4.90 Å². The van der Waals surface area contributed by atoms with Gasteiger partial charge in [0.1, 0.15) is 0 Å². The number of anilines is 3. The molecule has 0 aliphatic heterocycles. The van der Waals surface area contributed by atoms with Gasteiger partial charge in [0.2, 0.25) is 0 Å². The molecule has 162 valence electrons. The van der Waals surface area contributed by atoms with Crippen molar-refractivity contribution < 1.29 is 0 Å². The number of halogens is 1. The van der Waals surface area contributed by atoms with Crippen molar-refractivity contribution in [1.29, 1.82) is 0 Å². The summed E-state index contributed by atoms with van der Waals surface area (Å²) in [6.45, 7) is 0. The van der Waals surface area contributed by atoms with Crippen molar-refractivity contribution in [1.82, 2.24) is 0 Å². The predicted octanol–water partition coefficient (Wildman–Crippen LogP) is 9.78. The second kappa shape index (κ2) is 8.70. The third-order valence-corrected chi connectivity index (χ3v) is 6.56. The first-order valence-electron chi connectivity index (χ1n) is 11.4.